The zero-order valence-corrected chi connectivity index (χ0v) is 19.6. The van der Waals surface area contributed by atoms with Crippen molar-refractivity contribution in [3.05, 3.63) is 100 Å². The monoisotopic (exact) mass is 478 g/mol. The van der Waals surface area contributed by atoms with E-state index in [1.54, 1.807) is 6.21 Å². The van der Waals surface area contributed by atoms with Crippen LogP contribution < -0.4 is 16.0 Å². The Hall–Kier alpha value is -3.49. The van der Waals surface area contributed by atoms with Crippen LogP contribution in [0.4, 0.5) is 5.95 Å². The van der Waals surface area contributed by atoms with E-state index >= 15 is 0 Å². The van der Waals surface area contributed by atoms with Crippen LogP contribution in [0.15, 0.2) is 83.1 Å². The number of nitrogen functional groups attached to an aromatic ring is 1. The van der Waals surface area contributed by atoms with Crippen LogP contribution in [0.3, 0.4) is 0 Å². The van der Waals surface area contributed by atoms with E-state index in [1.807, 2.05) is 60.7 Å². The number of thioether (sulfide) groups is 1. The predicted molar refractivity (Wildman–Crippen MR) is 134 cm³/mol. The van der Waals surface area contributed by atoms with Gasteiger partial charge in [-0.2, -0.15) is 5.10 Å². The number of nitrogens with zero attached hydrogens (tertiary/aromatic N) is 4. The first-order valence-corrected chi connectivity index (χ1v) is 11.6. The molecule has 4 rings (SSSR count). The Bertz CT molecular complexity index is 1260. The molecule has 33 heavy (non-hydrogen) atoms. The number of hydrogen-bond acceptors (Lipinski definition) is 7. The number of nitrogens with two attached hydrogens (primary N) is 1. The van der Waals surface area contributed by atoms with E-state index < -0.39 is 0 Å². The van der Waals surface area contributed by atoms with E-state index in [9.17, 15) is 0 Å². The van der Waals surface area contributed by atoms with Gasteiger partial charge in [-0.05, 0) is 36.2 Å². The molecule has 0 aliphatic carbocycles. The topological polar surface area (TPSA) is 90.4 Å². The lowest BCUT2D eigenvalue weighted by atomic mass is 10.1. The molecule has 0 bridgehead atoms. The Kier molecular flexibility index (Phi) is 7.49. The van der Waals surface area contributed by atoms with Gasteiger partial charge >= 0.3 is 0 Å². The highest BCUT2D eigenvalue weighted by Crippen LogP contribution is 2.24. The fourth-order valence-electron chi connectivity index (χ4n) is 3.02. The summed E-state index contributed by atoms with van der Waals surface area (Å²) in [5, 5.41) is 13.8. The Morgan fingerprint density at radius 1 is 1.03 bits per heavy atom. The number of ether oxygens (including phenoxy) is 1. The first-order chi connectivity index (χ1) is 16.1. The quantitative estimate of drug-likeness (QED) is 0.147. The normalized spacial score (nSPS) is 11.1. The number of nitrogens with one attached hydrogen (secondary N) is 1. The van der Waals surface area contributed by atoms with Gasteiger partial charge in [0.2, 0.25) is 5.16 Å². The van der Waals surface area contributed by atoms with Crippen molar-refractivity contribution in [1.82, 2.24) is 14.9 Å². The minimum absolute atomic E-state index is 0.341. The van der Waals surface area contributed by atoms with Gasteiger partial charge in [0, 0.05) is 21.9 Å². The van der Waals surface area contributed by atoms with Gasteiger partial charge in [-0.25, -0.2) is 10.1 Å². The highest BCUT2D eigenvalue weighted by molar-refractivity contribution is 7.98. The van der Waals surface area contributed by atoms with E-state index in [0.29, 0.717) is 28.5 Å². The average molecular weight is 479 g/mol. The fraction of sp³-hybridized carbons (Fsp3) is 0.125. The molecule has 0 fully saturated rings. The van der Waals surface area contributed by atoms with Gasteiger partial charge in [0.05, 0.1) is 6.21 Å². The van der Waals surface area contributed by atoms with Crippen molar-refractivity contribution in [3.63, 3.8) is 0 Å². The number of rotatable bonds is 9. The van der Waals surface area contributed by atoms with Crippen LogP contribution in [-0.2, 0) is 12.4 Å². The number of aromatic nitrogens is 3. The third kappa shape index (κ3) is 5.85. The molecule has 0 atom stereocenters. The first kappa shape index (κ1) is 22.7. The largest absolute Gasteiger partial charge is 0.488 e. The van der Waals surface area contributed by atoms with E-state index in [0.717, 1.165) is 16.9 Å². The number of hydrazone groups is 1. The molecule has 168 valence electrons. The van der Waals surface area contributed by atoms with Crippen molar-refractivity contribution in [2.24, 2.45) is 5.10 Å². The van der Waals surface area contributed by atoms with Crippen molar-refractivity contribution in [3.8, 4) is 5.75 Å². The number of hydrogen-bond donors (Lipinski definition) is 2. The number of halogens is 1. The summed E-state index contributed by atoms with van der Waals surface area (Å²) in [4.78, 5) is 0. The number of para-hydroxylation sites is 1. The van der Waals surface area contributed by atoms with Crippen LogP contribution in [0.2, 0.25) is 5.02 Å². The molecule has 0 radical (unpaired) electrons. The minimum atomic E-state index is 0.341. The second kappa shape index (κ2) is 10.9. The second-order valence-corrected chi connectivity index (χ2v) is 8.53. The SMILES string of the molecule is Cc1ccccc1CSc1nnc(N/N=C/c2ccccc2OCc2ccccc2Cl)n1N. The maximum absolute atomic E-state index is 6.22. The van der Waals surface area contributed by atoms with Crippen molar-refractivity contribution in [2.45, 2.75) is 24.4 Å². The van der Waals surface area contributed by atoms with Gasteiger partial charge in [0.15, 0.2) is 0 Å². The summed E-state index contributed by atoms with van der Waals surface area (Å²) in [6.07, 6.45) is 1.65. The first-order valence-electron chi connectivity index (χ1n) is 10.2. The zero-order valence-electron chi connectivity index (χ0n) is 18.0. The van der Waals surface area contributed by atoms with Gasteiger partial charge in [-0.15, -0.1) is 10.2 Å². The van der Waals surface area contributed by atoms with Crippen LogP contribution in [0.1, 0.15) is 22.3 Å². The predicted octanol–water partition coefficient (Wildman–Crippen LogP) is 5.27. The molecule has 7 nitrogen and oxygen atoms in total. The summed E-state index contributed by atoms with van der Waals surface area (Å²) in [6.45, 7) is 2.44. The van der Waals surface area contributed by atoms with Crippen LogP contribution in [0.25, 0.3) is 0 Å². The molecule has 0 aliphatic heterocycles. The standard InChI is InChI=1S/C24H23ClN6OS/c1-17-8-2-3-11-20(17)16-33-24-30-29-23(31(24)26)28-27-14-18-9-5-7-13-22(18)32-15-19-10-4-6-12-21(19)25/h2-14H,15-16,26H2,1H3,(H,28,29)/b27-14+. The fourth-order valence-corrected chi connectivity index (χ4v) is 4.14. The molecule has 0 saturated heterocycles. The molecule has 0 amide bonds. The highest BCUT2D eigenvalue weighted by atomic mass is 35.5. The summed E-state index contributed by atoms with van der Waals surface area (Å²) >= 11 is 7.73. The van der Waals surface area contributed by atoms with E-state index in [2.05, 4.69) is 39.8 Å². The number of benzene rings is 3. The molecule has 0 aliphatic rings. The Morgan fingerprint density at radius 2 is 1.76 bits per heavy atom. The van der Waals surface area contributed by atoms with Crippen LogP contribution >= 0.6 is 23.4 Å². The lowest BCUT2D eigenvalue weighted by Crippen LogP contribution is -2.13. The lowest BCUT2D eigenvalue weighted by molar-refractivity contribution is 0.306. The Morgan fingerprint density at radius 3 is 2.58 bits per heavy atom. The van der Waals surface area contributed by atoms with Gasteiger partial charge in [0.1, 0.15) is 12.4 Å². The van der Waals surface area contributed by atoms with Crippen LogP contribution in [0, 0.1) is 6.92 Å². The maximum atomic E-state index is 6.22. The van der Waals surface area contributed by atoms with Crippen LogP contribution in [-0.4, -0.2) is 21.1 Å². The average Bonchev–Trinajstić information content (AvgIpc) is 3.18. The lowest BCUT2D eigenvalue weighted by Gasteiger charge is -2.10. The third-order valence-electron chi connectivity index (χ3n) is 4.91. The van der Waals surface area contributed by atoms with Crippen molar-refractivity contribution in [1.29, 1.82) is 0 Å². The van der Waals surface area contributed by atoms with Crippen molar-refractivity contribution < 1.29 is 4.74 Å². The molecule has 1 heterocycles. The number of aryl methyl sites for hydroxylation is 1. The van der Waals surface area contributed by atoms with Gasteiger partial charge in [-0.3, -0.25) is 0 Å². The summed E-state index contributed by atoms with van der Waals surface area (Å²) in [6, 6.07) is 23.4. The Labute approximate surface area is 201 Å². The summed E-state index contributed by atoms with van der Waals surface area (Å²) in [5.74, 6) is 7.92. The summed E-state index contributed by atoms with van der Waals surface area (Å²) < 4.78 is 7.34. The van der Waals surface area contributed by atoms with Crippen LogP contribution in [0.5, 0.6) is 5.75 Å². The maximum Gasteiger partial charge on any atom is 0.264 e. The summed E-state index contributed by atoms with van der Waals surface area (Å²) in [5.41, 5.74) is 7.01. The molecular formula is C24H23ClN6OS. The third-order valence-corrected chi connectivity index (χ3v) is 6.27. The molecule has 3 aromatic carbocycles. The van der Waals surface area contributed by atoms with Gasteiger partial charge < -0.3 is 10.6 Å². The number of anilines is 1. The zero-order chi connectivity index (χ0) is 23.0. The minimum Gasteiger partial charge on any atom is -0.488 e. The smallest absolute Gasteiger partial charge is 0.264 e. The molecule has 0 unspecified atom stereocenters. The van der Waals surface area contributed by atoms with E-state index in [-0.39, 0.29) is 0 Å². The van der Waals surface area contributed by atoms with Gasteiger partial charge in [0.25, 0.3) is 5.95 Å². The molecule has 3 N–H and O–H groups in total. The molecule has 1 aromatic heterocycles. The Balaban J connectivity index is 1.38. The molecule has 4 aromatic rings. The van der Waals surface area contributed by atoms with E-state index in [1.165, 1.54) is 27.6 Å². The van der Waals surface area contributed by atoms with Crippen molar-refractivity contribution in [2.75, 3.05) is 11.3 Å². The molecule has 0 spiro atoms. The van der Waals surface area contributed by atoms with Gasteiger partial charge in [-0.1, -0.05) is 78.0 Å². The molecular weight excluding hydrogens is 456 g/mol. The van der Waals surface area contributed by atoms with Crippen molar-refractivity contribution >= 4 is 35.5 Å². The summed E-state index contributed by atoms with van der Waals surface area (Å²) in [7, 11) is 0. The molecule has 9 heteroatoms. The second-order valence-electron chi connectivity index (χ2n) is 7.18. The highest BCUT2D eigenvalue weighted by Gasteiger charge is 2.10. The molecule has 0 saturated carbocycles. The van der Waals surface area contributed by atoms with E-state index in [4.69, 9.17) is 22.2 Å².